The van der Waals surface area contributed by atoms with Gasteiger partial charge in [-0.3, -0.25) is 0 Å². The molecule has 2 N–H and O–H groups in total. The van der Waals surface area contributed by atoms with Gasteiger partial charge >= 0.3 is 6.03 Å². The molecule has 122 valence electrons. The molecular weight excluding hydrogens is 292 g/mol. The summed E-state index contributed by atoms with van der Waals surface area (Å²) in [5.41, 5.74) is 2.80. The second-order valence-electron chi connectivity index (χ2n) is 5.15. The largest absolute Gasteiger partial charge is 0.495 e. The first-order chi connectivity index (χ1) is 11.1. The van der Waals surface area contributed by atoms with Crippen molar-refractivity contribution in [3.05, 3.63) is 53.6 Å². The summed E-state index contributed by atoms with van der Waals surface area (Å²) in [4.78, 5) is 11.9. The number of anilines is 1. The quantitative estimate of drug-likeness (QED) is 0.802. The zero-order chi connectivity index (χ0) is 16.7. The molecule has 2 aromatic rings. The predicted octanol–water partition coefficient (Wildman–Crippen LogP) is 3.51. The van der Waals surface area contributed by atoms with Crippen LogP contribution in [-0.2, 0) is 0 Å². The van der Waals surface area contributed by atoms with Gasteiger partial charge in [0, 0.05) is 0 Å². The molecule has 0 bridgehead atoms. The van der Waals surface area contributed by atoms with E-state index in [4.69, 9.17) is 9.47 Å². The van der Waals surface area contributed by atoms with Crippen LogP contribution in [0.3, 0.4) is 0 Å². The van der Waals surface area contributed by atoms with E-state index in [9.17, 15) is 4.79 Å². The average molecular weight is 314 g/mol. The van der Waals surface area contributed by atoms with Crippen LogP contribution in [0.2, 0.25) is 0 Å². The lowest BCUT2D eigenvalue weighted by Crippen LogP contribution is -2.32. The molecule has 0 spiro atoms. The first-order valence-electron chi connectivity index (χ1n) is 7.48. The van der Waals surface area contributed by atoms with E-state index in [1.807, 2.05) is 44.2 Å². The van der Waals surface area contributed by atoms with Crippen molar-refractivity contribution >= 4 is 11.7 Å². The first-order valence-corrected chi connectivity index (χ1v) is 7.48. The normalized spacial score (nSPS) is 10.0. The number of carbonyl (C=O) groups excluding carboxylic acids is 1. The third-order valence-corrected chi connectivity index (χ3v) is 3.40. The van der Waals surface area contributed by atoms with E-state index in [-0.39, 0.29) is 6.03 Å². The van der Waals surface area contributed by atoms with Crippen LogP contribution < -0.4 is 20.1 Å². The Kier molecular flexibility index (Phi) is 5.86. The van der Waals surface area contributed by atoms with Crippen molar-refractivity contribution in [1.82, 2.24) is 5.32 Å². The molecule has 0 saturated heterocycles. The molecule has 23 heavy (non-hydrogen) atoms. The van der Waals surface area contributed by atoms with Gasteiger partial charge in [-0.1, -0.05) is 30.3 Å². The Balaban J connectivity index is 1.79. The summed E-state index contributed by atoms with van der Waals surface area (Å²) in [7, 11) is 1.57. The number of amides is 2. The molecular formula is C18H22N2O3. The molecule has 0 aliphatic heterocycles. The molecule has 2 rings (SSSR count). The third kappa shape index (κ3) is 4.64. The summed E-state index contributed by atoms with van der Waals surface area (Å²) in [6.45, 7) is 4.83. The molecule has 0 saturated carbocycles. The van der Waals surface area contributed by atoms with Crippen molar-refractivity contribution in [2.45, 2.75) is 13.8 Å². The number of urea groups is 1. The standard InChI is InChI=1S/C18H22N2O3/c1-13-7-6-8-14(2)17(13)23-12-11-19-18(21)20-15-9-4-5-10-16(15)22-3/h4-10H,11-12H2,1-3H3,(H2,19,20,21). The van der Waals surface area contributed by atoms with Gasteiger partial charge in [-0.2, -0.15) is 0 Å². The van der Waals surface area contributed by atoms with Crippen molar-refractivity contribution in [3.8, 4) is 11.5 Å². The number of hydrogen-bond donors (Lipinski definition) is 2. The van der Waals surface area contributed by atoms with Gasteiger partial charge in [-0.15, -0.1) is 0 Å². The van der Waals surface area contributed by atoms with Gasteiger partial charge in [0.1, 0.15) is 18.1 Å². The number of rotatable bonds is 6. The van der Waals surface area contributed by atoms with Gasteiger partial charge in [-0.05, 0) is 37.1 Å². The van der Waals surface area contributed by atoms with Crippen LogP contribution in [0, 0.1) is 13.8 Å². The molecule has 2 amide bonds. The highest BCUT2D eigenvalue weighted by molar-refractivity contribution is 5.90. The number of aryl methyl sites for hydroxylation is 2. The maximum absolute atomic E-state index is 11.9. The van der Waals surface area contributed by atoms with Crippen molar-refractivity contribution in [1.29, 1.82) is 0 Å². The maximum Gasteiger partial charge on any atom is 0.319 e. The second kappa shape index (κ2) is 8.08. The fraction of sp³-hybridized carbons (Fsp3) is 0.278. The molecule has 0 radical (unpaired) electrons. The van der Waals surface area contributed by atoms with Crippen LogP contribution in [0.5, 0.6) is 11.5 Å². The molecule has 0 unspecified atom stereocenters. The van der Waals surface area contributed by atoms with Crippen LogP contribution in [0.15, 0.2) is 42.5 Å². The van der Waals surface area contributed by atoms with Crippen LogP contribution >= 0.6 is 0 Å². The predicted molar refractivity (Wildman–Crippen MR) is 91.4 cm³/mol. The molecule has 0 aliphatic rings. The van der Waals surface area contributed by atoms with E-state index in [0.29, 0.717) is 24.6 Å². The van der Waals surface area contributed by atoms with Crippen LogP contribution in [0.1, 0.15) is 11.1 Å². The molecule has 5 heteroatoms. The van der Waals surface area contributed by atoms with Gasteiger partial charge in [0.2, 0.25) is 0 Å². The zero-order valence-corrected chi connectivity index (χ0v) is 13.7. The summed E-state index contributed by atoms with van der Waals surface area (Å²) in [6, 6.07) is 13.0. The Bertz CT molecular complexity index is 651. The minimum atomic E-state index is -0.292. The second-order valence-corrected chi connectivity index (χ2v) is 5.15. The smallest absolute Gasteiger partial charge is 0.319 e. The highest BCUT2D eigenvalue weighted by atomic mass is 16.5. The van der Waals surface area contributed by atoms with Gasteiger partial charge in [-0.25, -0.2) is 4.79 Å². The maximum atomic E-state index is 11.9. The van der Waals surface area contributed by atoms with E-state index >= 15 is 0 Å². The van der Waals surface area contributed by atoms with Gasteiger partial charge in [0.05, 0.1) is 19.3 Å². The number of para-hydroxylation sites is 3. The van der Waals surface area contributed by atoms with Crippen LogP contribution in [0.25, 0.3) is 0 Å². The van der Waals surface area contributed by atoms with E-state index in [1.165, 1.54) is 0 Å². The van der Waals surface area contributed by atoms with E-state index in [0.717, 1.165) is 16.9 Å². The Hall–Kier alpha value is -2.69. The molecule has 2 aromatic carbocycles. The fourth-order valence-electron chi connectivity index (χ4n) is 2.26. The minimum absolute atomic E-state index is 0.292. The molecule has 0 atom stereocenters. The number of carbonyl (C=O) groups is 1. The number of nitrogens with one attached hydrogen (secondary N) is 2. The van der Waals surface area contributed by atoms with Crippen LogP contribution in [0.4, 0.5) is 10.5 Å². The minimum Gasteiger partial charge on any atom is -0.495 e. The molecule has 0 fully saturated rings. The van der Waals surface area contributed by atoms with Crippen LogP contribution in [-0.4, -0.2) is 26.3 Å². The summed E-state index contributed by atoms with van der Waals surface area (Å²) >= 11 is 0. The third-order valence-electron chi connectivity index (χ3n) is 3.40. The number of ether oxygens (including phenoxy) is 2. The Morgan fingerprint density at radius 2 is 1.74 bits per heavy atom. The fourth-order valence-corrected chi connectivity index (χ4v) is 2.26. The SMILES string of the molecule is COc1ccccc1NC(=O)NCCOc1c(C)cccc1C. The summed E-state index contributed by atoms with van der Waals surface area (Å²) < 4.78 is 10.9. The lowest BCUT2D eigenvalue weighted by Gasteiger charge is -2.13. The summed E-state index contributed by atoms with van der Waals surface area (Å²) in [6.07, 6.45) is 0. The Morgan fingerprint density at radius 1 is 1.04 bits per heavy atom. The monoisotopic (exact) mass is 314 g/mol. The number of methoxy groups -OCH3 is 1. The van der Waals surface area contributed by atoms with E-state index in [2.05, 4.69) is 10.6 Å². The van der Waals surface area contributed by atoms with Crippen molar-refractivity contribution in [2.75, 3.05) is 25.6 Å². The van der Waals surface area contributed by atoms with Gasteiger partial charge < -0.3 is 20.1 Å². The van der Waals surface area contributed by atoms with E-state index < -0.39 is 0 Å². The topological polar surface area (TPSA) is 59.6 Å². The van der Waals surface area contributed by atoms with Gasteiger partial charge in [0.25, 0.3) is 0 Å². The Labute approximate surface area is 136 Å². The lowest BCUT2D eigenvalue weighted by atomic mass is 10.1. The number of benzene rings is 2. The zero-order valence-electron chi connectivity index (χ0n) is 13.7. The highest BCUT2D eigenvalue weighted by Gasteiger charge is 2.07. The first kappa shape index (κ1) is 16.7. The average Bonchev–Trinajstić information content (AvgIpc) is 2.54. The summed E-state index contributed by atoms with van der Waals surface area (Å²) in [5.74, 6) is 1.49. The van der Waals surface area contributed by atoms with Crippen molar-refractivity contribution in [3.63, 3.8) is 0 Å². The molecule has 0 aromatic heterocycles. The lowest BCUT2D eigenvalue weighted by molar-refractivity contribution is 0.247. The Morgan fingerprint density at radius 3 is 2.43 bits per heavy atom. The number of hydrogen-bond acceptors (Lipinski definition) is 3. The van der Waals surface area contributed by atoms with Gasteiger partial charge in [0.15, 0.2) is 0 Å². The van der Waals surface area contributed by atoms with Crippen molar-refractivity contribution < 1.29 is 14.3 Å². The highest BCUT2D eigenvalue weighted by Crippen LogP contribution is 2.23. The molecule has 5 nitrogen and oxygen atoms in total. The molecule has 0 heterocycles. The van der Waals surface area contributed by atoms with E-state index in [1.54, 1.807) is 19.2 Å². The summed E-state index contributed by atoms with van der Waals surface area (Å²) in [5, 5.41) is 5.51. The molecule has 0 aliphatic carbocycles. The van der Waals surface area contributed by atoms with Crippen molar-refractivity contribution in [2.24, 2.45) is 0 Å².